The molecule has 0 N–H and O–H groups in total. The Bertz CT molecular complexity index is 507. The third-order valence-corrected chi connectivity index (χ3v) is 2.62. The van der Waals surface area contributed by atoms with Gasteiger partial charge in [0.05, 0.1) is 11.9 Å². The van der Waals surface area contributed by atoms with Crippen LogP contribution in [0, 0.1) is 0 Å². The minimum absolute atomic E-state index is 0. The number of nitrogens with zero attached hydrogens (tertiary/aromatic N) is 2. The maximum Gasteiger partial charge on any atom is 1.00 e. The summed E-state index contributed by atoms with van der Waals surface area (Å²) in [6, 6.07) is 11.2. The Morgan fingerprint density at radius 1 is 1.06 bits per heavy atom. The predicted octanol–water partition coefficient (Wildman–Crippen LogP) is -0.373. The number of rotatable bonds is 1. The Labute approximate surface area is 143 Å². The first kappa shape index (κ1) is 12.2. The van der Waals surface area contributed by atoms with E-state index in [1.165, 1.54) is 0 Å². The number of hydrogen-bond acceptors (Lipinski definition) is 1. The first-order valence-electron chi connectivity index (χ1n) is 4.83. The van der Waals surface area contributed by atoms with Crippen molar-refractivity contribution in [1.29, 1.82) is 0 Å². The van der Waals surface area contributed by atoms with Gasteiger partial charge in [-0.15, -0.1) is 5.69 Å². The van der Waals surface area contributed by atoms with Crippen molar-refractivity contribution in [1.82, 2.24) is 4.57 Å². The van der Waals surface area contributed by atoms with Crippen molar-refractivity contribution < 1.29 is 63.0 Å². The molecular weight excluding hydrogens is 274 g/mol. The van der Waals surface area contributed by atoms with Gasteiger partial charge in [-0.05, 0) is 17.7 Å². The molecule has 16 heavy (non-hydrogen) atoms. The van der Waals surface area contributed by atoms with Gasteiger partial charge in [0.2, 0.25) is 0 Å². The fraction of sp³-hybridized carbons (Fsp3) is 0.0833. The summed E-state index contributed by atoms with van der Waals surface area (Å²) in [7, 11) is 0. The van der Waals surface area contributed by atoms with Crippen LogP contribution in [0.25, 0.3) is 5.32 Å². The Morgan fingerprint density at radius 2 is 1.75 bits per heavy atom. The zero-order valence-corrected chi connectivity index (χ0v) is 13.9. The van der Waals surface area contributed by atoms with Gasteiger partial charge in [0.1, 0.15) is 0 Å². The Balaban J connectivity index is 0.000000963. The Kier molecular flexibility index (Phi) is 3.79. The third kappa shape index (κ3) is 1.97. The van der Waals surface area contributed by atoms with Gasteiger partial charge < -0.3 is 14.7 Å². The van der Waals surface area contributed by atoms with Crippen molar-refractivity contribution in [2.45, 2.75) is 6.04 Å². The molecular formula is C12H9N2ORb. The molecule has 1 aromatic carbocycles. The van der Waals surface area contributed by atoms with E-state index >= 15 is 0 Å². The maximum absolute atomic E-state index is 11.7. The van der Waals surface area contributed by atoms with Gasteiger partial charge >= 0.3 is 58.2 Å². The van der Waals surface area contributed by atoms with E-state index in [0.29, 0.717) is 0 Å². The van der Waals surface area contributed by atoms with E-state index in [2.05, 4.69) is 5.32 Å². The molecule has 1 aliphatic rings. The van der Waals surface area contributed by atoms with Crippen molar-refractivity contribution in [2.24, 2.45) is 0 Å². The number of benzene rings is 1. The molecule has 0 saturated heterocycles. The van der Waals surface area contributed by atoms with Gasteiger partial charge in [-0.25, -0.2) is 0 Å². The molecule has 4 heteroatoms. The van der Waals surface area contributed by atoms with Crippen LogP contribution >= 0.6 is 0 Å². The van der Waals surface area contributed by atoms with Crippen LogP contribution in [0.1, 0.15) is 11.6 Å². The van der Waals surface area contributed by atoms with Gasteiger partial charge in [0, 0.05) is 12.4 Å². The van der Waals surface area contributed by atoms with Crippen molar-refractivity contribution in [3.63, 3.8) is 0 Å². The number of carbonyl (C=O) groups is 1. The average Bonchev–Trinajstić information content (AvgIpc) is 2.82. The molecule has 2 heterocycles. The molecule has 1 unspecified atom stereocenters. The quantitative estimate of drug-likeness (QED) is 0.703. The smallest absolute Gasteiger partial charge is 0.624 e. The van der Waals surface area contributed by atoms with Gasteiger partial charge in [0.25, 0.3) is 0 Å². The molecule has 3 nitrogen and oxygen atoms in total. The summed E-state index contributed by atoms with van der Waals surface area (Å²) < 4.78 is 1.89. The van der Waals surface area contributed by atoms with Crippen LogP contribution in [0.15, 0.2) is 48.8 Å². The predicted molar refractivity (Wildman–Crippen MR) is 57.0 cm³/mol. The molecule has 0 bridgehead atoms. The van der Waals surface area contributed by atoms with Crippen LogP contribution < -0.4 is 58.2 Å². The van der Waals surface area contributed by atoms with E-state index in [1.807, 2.05) is 53.4 Å². The first-order chi connectivity index (χ1) is 7.36. The molecule has 2 aromatic rings. The summed E-state index contributed by atoms with van der Waals surface area (Å²) in [6.45, 7) is 0. The summed E-state index contributed by atoms with van der Waals surface area (Å²) >= 11 is 0. The molecule has 74 valence electrons. The molecule has 0 radical (unpaired) electrons. The molecule has 0 spiro atoms. The summed E-state index contributed by atoms with van der Waals surface area (Å²) in [5.74, 6) is -0.0904. The van der Waals surface area contributed by atoms with Crippen molar-refractivity contribution in [3.05, 3.63) is 59.7 Å². The van der Waals surface area contributed by atoms with E-state index in [1.54, 1.807) is 0 Å². The molecule has 0 saturated carbocycles. The van der Waals surface area contributed by atoms with E-state index in [4.69, 9.17) is 0 Å². The van der Waals surface area contributed by atoms with Gasteiger partial charge in [-0.1, -0.05) is 24.3 Å². The van der Waals surface area contributed by atoms with Crippen LogP contribution in [0.4, 0.5) is 5.69 Å². The van der Waals surface area contributed by atoms with Crippen LogP contribution in [-0.2, 0) is 4.79 Å². The summed E-state index contributed by atoms with van der Waals surface area (Å²) in [4.78, 5) is 11.7. The maximum atomic E-state index is 11.7. The summed E-state index contributed by atoms with van der Waals surface area (Å²) in [6.07, 6.45) is 3.78. The third-order valence-electron chi connectivity index (χ3n) is 2.62. The topological polar surface area (TPSA) is 36.1 Å². The van der Waals surface area contributed by atoms with E-state index < -0.39 is 0 Å². The SMILES string of the molecule is O=C1[N-]c2ccccc2C1n1cccc1.[Rb+]. The van der Waals surface area contributed by atoms with Crippen LogP contribution in [0.5, 0.6) is 0 Å². The number of fused-ring (bicyclic) bond motifs is 1. The zero-order chi connectivity index (χ0) is 10.3. The van der Waals surface area contributed by atoms with Crippen LogP contribution in [0.2, 0.25) is 0 Å². The molecule has 1 aromatic heterocycles. The number of hydrogen-bond donors (Lipinski definition) is 0. The van der Waals surface area contributed by atoms with Crippen LogP contribution in [0.3, 0.4) is 0 Å². The second-order valence-corrected chi connectivity index (χ2v) is 3.54. The Morgan fingerprint density at radius 3 is 2.50 bits per heavy atom. The van der Waals surface area contributed by atoms with E-state index in [9.17, 15) is 4.79 Å². The number of aromatic nitrogens is 1. The standard InChI is InChI=1S/C12H10N2O.Rb/c15-12-11(14-7-3-4-8-14)9-5-1-2-6-10(9)13-12;/h1-8,11H,(H,13,15);/q;+1/p-1. The second-order valence-electron chi connectivity index (χ2n) is 3.54. The molecule has 1 amide bonds. The molecule has 0 aliphatic carbocycles. The minimum Gasteiger partial charge on any atom is -0.624 e. The van der Waals surface area contributed by atoms with Crippen molar-refractivity contribution in [3.8, 4) is 0 Å². The second kappa shape index (κ2) is 4.96. The largest absolute Gasteiger partial charge is 1.00 e. The summed E-state index contributed by atoms with van der Waals surface area (Å²) in [5, 5.41) is 4.03. The molecule has 3 rings (SSSR count). The summed E-state index contributed by atoms with van der Waals surface area (Å²) in [5.41, 5.74) is 1.78. The van der Waals surface area contributed by atoms with Gasteiger partial charge in [0.15, 0.2) is 0 Å². The van der Waals surface area contributed by atoms with E-state index in [0.717, 1.165) is 11.3 Å². The van der Waals surface area contributed by atoms with Crippen molar-refractivity contribution in [2.75, 3.05) is 0 Å². The fourth-order valence-electron chi connectivity index (χ4n) is 1.94. The number of amides is 1. The number of carbonyl (C=O) groups excluding carboxylic acids is 1. The van der Waals surface area contributed by atoms with Crippen LogP contribution in [-0.4, -0.2) is 10.5 Å². The zero-order valence-electron chi connectivity index (χ0n) is 9.00. The minimum atomic E-state index is -0.267. The molecule has 1 aliphatic heterocycles. The van der Waals surface area contributed by atoms with Crippen molar-refractivity contribution >= 4 is 11.6 Å². The monoisotopic (exact) mass is 282 g/mol. The average molecular weight is 283 g/mol. The normalized spacial score (nSPS) is 17.5. The molecule has 1 atom stereocenters. The number of para-hydroxylation sites is 1. The first-order valence-corrected chi connectivity index (χ1v) is 4.83. The molecule has 0 fully saturated rings. The van der Waals surface area contributed by atoms with E-state index in [-0.39, 0.29) is 70.1 Å². The van der Waals surface area contributed by atoms with Gasteiger partial charge in [-0.3, -0.25) is 0 Å². The van der Waals surface area contributed by atoms with Gasteiger partial charge in [-0.2, -0.15) is 0 Å². The Hall–Kier alpha value is -0.225. The fourth-order valence-corrected chi connectivity index (χ4v) is 1.94.